The highest BCUT2D eigenvalue weighted by Gasteiger charge is 2.07. The van der Waals surface area contributed by atoms with Gasteiger partial charge in [-0.2, -0.15) is 0 Å². The Kier molecular flexibility index (Phi) is 6.15. The Hall–Kier alpha value is -1.07. The van der Waals surface area contributed by atoms with E-state index in [1.54, 1.807) is 0 Å². The second-order valence-corrected chi connectivity index (χ2v) is 6.06. The number of hydrogen-bond acceptors (Lipinski definition) is 3. The lowest BCUT2D eigenvalue weighted by molar-refractivity contribution is 0.317. The Morgan fingerprint density at radius 1 is 1.11 bits per heavy atom. The van der Waals surface area contributed by atoms with Crippen LogP contribution in [0.4, 0.5) is 0 Å². The van der Waals surface area contributed by atoms with Crippen LogP contribution in [0.25, 0.3) is 0 Å². The van der Waals surface area contributed by atoms with Crippen LogP contribution in [0.2, 0.25) is 0 Å². The topological polar surface area (TPSA) is 55.4 Å². The fourth-order valence-electron chi connectivity index (χ4n) is 1.46. The standard InChI is InChI=1S/C13H21NO3S/c1-3-9-17-13-7-5-12(6-8-13)11-14-18(15,16)10-4-2/h5-8,14H,3-4,9-11H2,1-2H3. The quantitative estimate of drug-likeness (QED) is 0.789. The number of nitrogens with one attached hydrogen (secondary N) is 1. The molecule has 0 fully saturated rings. The van der Waals surface area contributed by atoms with Gasteiger partial charge in [-0.05, 0) is 30.5 Å². The van der Waals surface area contributed by atoms with Gasteiger partial charge in [0.05, 0.1) is 12.4 Å². The zero-order valence-electron chi connectivity index (χ0n) is 11.0. The van der Waals surface area contributed by atoms with E-state index in [4.69, 9.17) is 4.74 Å². The molecule has 0 aliphatic heterocycles. The first-order valence-electron chi connectivity index (χ1n) is 6.26. The van der Waals surface area contributed by atoms with E-state index in [-0.39, 0.29) is 5.75 Å². The SMILES string of the molecule is CCCOc1ccc(CNS(=O)(=O)CCC)cc1. The van der Waals surface area contributed by atoms with Crippen LogP contribution in [0, 0.1) is 0 Å². The molecule has 4 nitrogen and oxygen atoms in total. The molecule has 5 heteroatoms. The summed E-state index contributed by atoms with van der Waals surface area (Å²) in [6.07, 6.45) is 1.59. The maximum atomic E-state index is 11.5. The Labute approximate surface area is 109 Å². The molecule has 0 saturated carbocycles. The Morgan fingerprint density at radius 3 is 2.33 bits per heavy atom. The van der Waals surface area contributed by atoms with Gasteiger partial charge >= 0.3 is 0 Å². The molecule has 18 heavy (non-hydrogen) atoms. The van der Waals surface area contributed by atoms with Crippen molar-refractivity contribution in [2.75, 3.05) is 12.4 Å². The monoisotopic (exact) mass is 271 g/mol. The third-order valence-corrected chi connectivity index (χ3v) is 3.90. The summed E-state index contributed by atoms with van der Waals surface area (Å²) >= 11 is 0. The third-order valence-electron chi connectivity index (χ3n) is 2.37. The Balaban J connectivity index is 2.49. The summed E-state index contributed by atoms with van der Waals surface area (Å²) in [5, 5.41) is 0. The summed E-state index contributed by atoms with van der Waals surface area (Å²) in [6, 6.07) is 7.47. The normalized spacial score (nSPS) is 11.4. The molecule has 0 aliphatic carbocycles. The van der Waals surface area contributed by atoms with E-state index in [0.717, 1.165) is 17.7 Å². The number of benzene rings is 1. The lowest BCUT2D eigenvalue weighted by Crippen LogP contribution is -2.25. The van der Waals surface area contributed by atoms with E-state index < -0.39 is 10.0 Å². The molecule has 0 atom stereocenters. The van der Waals surface area contributed by atoms with Gasteiger partial charge in [0.15, 0.2) is 0 Å². The number of sulfonamides is 1. The van der Waals surface area contributed by atoms with Crippen molar-refractivity contribution >= 4 is 10.0 Å². The van der Waals surface area contributed by atoms with Crippen molar-refractivity contribution in [1.29, 1.82) is 0 Å². The van der Waals surface area contributed by atoms with Crippen molar-refractivity contribution < 1.29 is 13.2 Å². The minimum Gasteiger partial charge on any atom is -0.494 e. The van der Waals surface area contributed by atoms with Crippen LogP contribution in [0.15, 0.2) is 24.3 Å². The minimum atomic E-state index is -3.14. The molecule has 0 bridgehead atoms. The van der Waals surface area contributed by atoms with Gasteiger partial charge in [0, 0.05) is 6.54 Å². The first-order valence-corrected chi connectivity index (χ1v) is 7.91. The fourth-order valence-corrected chi connectivity index (χ4v) is 2.53. The first-order chi connectivity index (χ1) is 8.57. The average Bonchev–Trinajstić information content (AvgIpc) is 2.35. The molecule has 1 aromatic carbocycles. The zero-order chi connectivity index (χ0) is 13.4. The molecular weight excluding hydrogens is 250 g/mol. The maximum absolute atomic E-state index is 11.5. The average molecular weight is 271 g/mol. The fraction of sp³-hybridized carbons (Fsp3) is 0.538. The maximum Gasteiger partial charge on any atom is 0.211 e. The Morgan fingerprint density at radius 2 is 1.78 bits per heavy atom. The van der Waals surface area contributed by atoms with Crippen molar-refractivity contribution in [1.82, 2.24) is 4.72 Å². The lowest BCUT2D eigenvalue weighted by Gasteiger charge is -2.07. The molecule has 1 N–H and O–H groups in total. The largest absolute Gasteiger partial charge is 0.494 e. The molecule has 0 radical (unpaired) electrons. The van der Waals surface area contributed by atoms with Crippen LogP contribution in [0.5, 0.6) is 5.75 Å². The molecule has 0 spiro atoms. The van der Waals surface area contributed by atoms with Crippen LogP contribution >= 0.6 is 0 Å². The molecular formula is C13H21NO3S. The molecule has 0 amide bonds. The van der Waals surface area contributed by atoms with Gasteiger partial charge < -0.3 is 4.74 Å². The van der Waals surface area contributed by atoms with E-state index in [2.05, 4.69) is 11.6 Å². The van der Waals surface area contributed by atoms with Crippen molar-refractivity contribution in [3.05, 3.63) is 29.8 Å². The molecule has 1 rings (SSSR count). The summed E-state index contributed by atoms with van der Waals surface area (Å²) in [4.78, 5) is 0. The Bertz CT molecular complexity index is 440. The predicted octanol–water partition coefficient (Wildman–Crippen LogP) is 2.30. The second kappa shape index (κ2) is 7.38. The van der Waals surface area contributed by atoms with Crippen LogP contribution in [-0.4, -0.2) is 20.8 Å². The highest BCUT2D eigenvalue weighted by Crippen LogP contribution is 2.12. The van der Waals surface area contributed by atoms with Crippen LogP contribution in [0.1, 0.15) is 32.3 Å². The van der Waals surface area contributed by atoms with E-state index in [0.29, 0.717) is 19.6 Å². The first kappa shape index (κ1) is 15.0. The molecule has 0 heterocycles. The van der Waals surface area contributed by atoms with Gasteiger partial charge in [-0.25, -0.2) is 13.1 Å². The molecule has 0 aromatic heterocycles. The summed E-state index contributed by atoms with van der Waals surface area (Å²) < 4.78 is 31.0. The number of rotatable bonds is 8. The van der Waals surface area contributed by atoms with E-state index in [1.165, 1.54) is 0 Å². The van der Waals surface area contributed by atoms with Crippen molar-refractivity contribution in [3.8, 4) is 5.75 Å². The summed E-state index contributed by atoms with van der Waals surface area (Å²) in [7, 11) is -3.14. The van der Waals surface area contributed by atoms with Crippen molar-refractivity contribution in [2.24, 2.45) is 0 Å². The minimum absolute atomic E-state index is 0.171. The summed E-state index contributed by atoms with van der Waals surface area (Å²) in [5.41, 5.74) is 0.929. The molecule has 102 valence electrons. The summed E-state index contributed by atoms with van der Waals surface area (Å²) in [6.45, 7) is 4.93. The summed E-state index contributed by atoms with van der Waals surface area (Å²) in [5.74, 6) is 0.988. The molecule has 0 saturated heterocycles. The smallest absolute Gasteiger partial charge is 0.211 e. The van der Waals surface area contributed by atoms with Gasteiger partial charge in [0.1, 0.15) is 5.75 Å². The lowest BCUT2D eigenvalue weighted by atomic mass is 10.2. The highest BCUT2D eigenvalue weighted by molar-refractivity contribution is 7.89. The predicted molar refractivity (Wildman–Crippen MR) is 73.1 cm³/mol. The number of ether oxygens (including phenoxy) is 1. The van der Waals surface area contributed by atoms with E-state index >= 15 is 0 Å². The van der Waals surface area contributed by atoms with E-state index in [9.17, 15) is 8.42 Å². The van der Waals surface area contributed by atoms with E-state index in [1.807, 2.05) is 31.2 Å². The van der Waals surface area contributed by atoms with Crippen LogP contribution in [-0.2, 0) is 16.6 Å². The van der Waals surface area contributed by atoms with Gasteiger partial charge in [0.2, 0.25) is 10.0 Å². The van der Waals surface area contributed by atoms with Gasteiger partial charge in [-0.3, -0.25) is 0 Å². The molecule has 1 aromatic rings. The second-order valence-electron chi connectivity index (χ2n) is 4.13. The third kappa shape index (κ3) is 5.51. The van der Waals surface area contributed by atoms with Crippen LogP contribution < -0.4 is 9.46 Å². The zero-order valence-corrected chi connectivity index (χ0v) is 11.8. The van der Waals surface area contributed by atoms with Crippen molar-refractivity contribution in [2.45, 2.75) is 33.2 Å². The highest BCUT2D eigenvalue weighted by atomic mass is 32.2. The van der Waals surface area contributed by atoms with Gasteiger partial charge in [0.25, 0.3) is 0 Å². The molecule has 0 aliphatic rings. The van der Waals surface area contributed by atoms with Gasteiger partial charge in [-0.15, -0.1) is 0 Å². The van der Waals surface area contributed by atoms with Crippen LogP contribution in [0.3, 0.4) is 0 Å². The molecule has 0 unspecified atom stereocenters. The number of hydrogen-bond donors (Lipinski definition) is 1. The van der Waals surface area contributed by atoms with Gasteiger partial charge in [-0.1, -0.05) is 26.0 Å². The van der Waals surface area contributed by atoms with Crippen molar-refractivity contribution in [3.63, 3.8) is 0 Å².